The van der Waals surface area contributed by atoms with Gasteiger partial charge in [0.1, 0.15) is 12.4 Å². The summed E-state index contributed by atoms with van der Waals surface area (Å²) in [4.78, 5) is 43.6. The van der Waals surface area contributed by atoms with Gasteiger partial charge in [0.15, 0.2) is 6.17 Å². The largest absolute Gasteiger partial charge is 0.339 e. The number of aromatic amines is 1. The van der Waals surface area contributed by atoms with Crippen LogP contribution in [0.25, 0.3) is 10.9 Å². The predicted octanol–water partition coefficient (Wildman–Crippen LogP) is 3.35. The summed E-state index contributed by atoms with van der Waals surface area (Å²) in [6.45, 7) is -0.386. The average molecular weight is 544 g/mol. The van der Waals surface area contributed by atoms with E-state index in [0.29, 0.717) is 16.8 Å². The fourth-order valence-corrected chi connectivity index (χ4v) is 6.12. The maximum absolute atomic E-state index is 14.7. The second-order valence-electron chi connectivity index (χ2n) is 10.5. The molecule has 3 aromatic rings. The van der Waals surface area contributed by atoms with Crippen LogP contribution in [0.2, 0.25) is 0 Å². The molecule has 39 heavy (non-hydrogen) atoms. The van der Waals surface area contributed by atoms with Crippen molar-refractivity contribution in [1.82, 2.24) is 20.0 Å². The number of piperidine rings is 1. The normalized spacial score (nSPS) is 21.7. The maximum atomic E-state index is 14.7. The van der Waals surface area contributed by atoms with Crippen LogP contribution in [0.3, 0.4) is 0 Å². The zero-order valence-corrected chi connectivity index (χ0v) is 21.0. The molecule has 2 fully saturated rings. The van der Waals surface area contributed by atoms with Crippen LogP contribution >= 0.6 is 0 Å². The number of nitrogens with zero attached hydrogens (tertiary/aromatic N) is 4. The topological polar surface area (TPSA) is 89.6 Å². The molecular weight excluding hydrogens is 518 g/mol. The number of halogens is 4. The molecule has 0 aliphatic carbocycles. The summed E-state index contributed by atoms with van der Waals surface area (Å²) in [6, 6.07) is 7.80. The Morgan fingerprint density at radius 3 is 2.56 bits per heavy atom. The van der Waals surface area contributed by atoms with Crippen LogP contribution in [0.4, 0.5) is 23.2 Å². The fourth-order valence-electron chi connectivity index (χ4n) is 6.12. The number of carbonyl (C=O) groups excluding carboxylic acids is 3. The summed E-state index contributed by atoms with van der Waals surface area (Å²) >= 11 is 0. The molecule has 0 bridgehead atoms. The number of anilines is 1. The molecule has 1 spiro atoms. The number of H-pyrrole nitrogens is 1. The van der Waals surface area contributed by atoms with Crippen LogP contribution in [0.1, 0.15) is 34.3 Å². The van der Waals surface area contributed by atoms with Gasteiger partial charge in [0.25, 0.3) is 11.8 Å². The molecule has 0 radical (unpaired) electrons. The quantitative estimate of drug-likeness (QED) is 0.514. The molecule has 1 N–H and O–H groups in total. The number of rotatable bonds is 3. The van der Waals surface area contributed by atoms with E-state index in [1.807, 2.05) is 0 Å². The van der Waals surface area contributed by atoms with Gasteiger partial charge in [-0.15, -0.1) is 0 Å². The number of hydrogen-bond donors (Lipinski definition) is 1. The summed E-state index contributed by atoms with van der Waals surface area (Å²) in [6.07, 6.45) is -0.457. The third-order valence-corrected chi connectivity index (χ3v) is 8.28. The lowest BCUT2D eigenvalue weighted by Gasteiger charge is -2.39. The molecule has 1 aromatic heterocycles. The highest BCUT2D eigenvalue weighted by molar-refractivity contribution is 6.11. The Morgan fingerprint density at radius 2 is 1.87 bits per heavy atom. The van der Waals surface area contributed by atoms with E-state index in [4.69, 9.17) is 0 Å². The van der Waals surface area contributed by atoms with Gasteiger partial charge in [-0.2, -0.15) is 5.10 Å². The van der Waals surface area contributed by atoms with Gasteiger partial charge in [-0.25, -0.2) is 17.6 Å². The molecule has 2 saturated heterocycles. The number of amides is 3. The van der Waals surface area contributed by atoms with E-state index in [2.05, 4.69) is 10.2 Å². The molecule has 1 atom stereocenters. The van der Waals surface area contributed by atoms with Gasteiger partial charge in [-0.05, 0) is 61.2 Å². The molecule has 4 heterocycles. The number of carbonyl (C=O) groups is 3. The minimum Gasteiger partial charge on any atom is -0.339 e. The highest BCUT2D eigenvalue weighted by Gasteiger charge is 2.55. The highest BCUT2D eigenvalue weighted by atomic mass is 19.3. The van der Waals surface area contributed by atoms with Crippen molar-refractivity contribution in [2.24, 2.45) is 0 Å². The first-order chi connectivity index (χ1) is 18.5. The predicted molar refractivity (Wildman–Crippen MR) is 133 cm³/mol. The van der Waals surface area contributed by atoms with Gasteiger partial charge in [0, 0.05) is 29.7 Å². The van der Waals surface area contributed by atoms with Gasteiger partial charge in [-0.3, -0.25) is 19.5 Å². The van der Waals surface area contributed by atoms with Crippen molar-refractivity contribution >= 4 is 34.3 Å². The highest BCUT2D eigenvalue weighted by Crippen LogP contribution is 2.50. The molecule has 8 nitrogen and oxygen atoms in total. The minimum atomic E-state index is -3.65. The second kappa shape index (κ2) is 8.78. The zero-order valence-electron chi connectivity index (χ0n) is 21.0. The van der Waals surface area contributed by atoms with E-state index < -0.39 is 54.8 Å². The van der Waals surface area contributed by atoms with Crippen LogP contribution in [0, 0.1) is 12.7 Å². The lowest BCUT2D eigenvalue weighted by molar-refractivity contribution is -0.132. The van der Waals surface area contributed by atoms with Crippen molar-refractivity contribution in [3.8, 4) is 0 Å². The molecule has 12 heteroatoms. The van der Waals surface area contributed by atoms with Crippen molar-refractivity contribution in [2.45, 2.75) is 37.3 Å². The molecule has 1 unspecified atom stereocenters. The number of alkyl halides is 3. The van der Waals surface area contributed by atoms with Gasteiger partial charge in [-0.1, -0.05) is 0 Å². The molecule has 204 valence electrons. The van der Waals surface area contributed by atoms with Crippen LogP contribution in [0.15, 0.2) is 36.5 Å². The lowest BCUT2D eigenvalue weighted by Crippen LogP contribution is -2.51. The van der Waals surface area contributed by atoms with Crippen LogP contribution in [0.5, 0.6) is 0 Å². The number of likely N-dealkylation sites (tertiary alicyclic amines) is 2. The van der Waals surface area contributed by atoms with Crippen molar-refractivity contribution in [2.75, 3.05) is 37.6 Å². The zero-order chi connectivity index (χ0) is 27.7. The summed E-state index contributed by atoms with van der Waals surface area (Å²) in [5, 5.41) is 7.59. The summed E-state index contributed by atoms with van der Waals surface area (Å²) in [5.41, 5.74) is 1.13. The van der Waals surface area contributed by atoms with Crippen LogP contribution < -0.4 is 4.90 Å². The van der Waals surface area contributed by atoms with Gasteiger partial charge >= 0.3 is 0 Å². The molecule has 3 aliphatic heterocycles. The van der Waals surface area contributed by atoms with Crippen molar-refractivity contribution in [3.05, 3.63) is 59.0 Å². The number of fused-ring (bicyclic) bond motifs is 3. The standard InChI is InChI=1S/C27H25F4N5O3/c1-15-18(28)3-5-20-23(15)26(25(39)36(20)13-22(37)35-12-21(29)27(30,31)14-35)6-8-34(9-7-26)24(38)16-2-4-19-17(10-16)11-32-33-19/h2-5,10-11,21H,6-9,12-14H2,1H3,(H,32,33). The fraction of sp³-hybridized carbons (Fsp3) is 0.407. The summed E-state index contributed by atoms with van der Waals surface area (Å²) < 4.78 is 55.9. The van der Waals surface area contributed by atoms with Crippen LogP contribution in [-0.4, -0.2) is 82.5 Å². The van der Waals surface area contributed by atoms with E-state index in [1.54, 1.807) is 36.2 Å². The molecule has 6 rings (SSSR count). The monoisotopic (exact) mass is 543 g/mol. The van der Waals surface area contributed by atoms with Crippen molar-refractivity contribution in [3.63, 3.8) is 0 Å². The van der Waals surface area contributed by atoms with Crippen molar-refractivity contribution in [1.29, 1.82) is 0 Å². The Hall–Kier alpha value is -3.96. The van der Waals surface area contributed by atoms with Gasteiger partial charge < -0.3 is 14.7 Å². The smallest absolute Gasteiger partial charge is 0.297 e. The van der Waals surface area contributed by atoms with E-state index in [1.165, 1.54) is 17.0 Å². The number of aromatic nitrogens is 2. The Bertz CT molecular complexity index is 1510. The molecular formula is C27H25F4N5O3. The Balaban J connectivity index is 1.25. The van der Waals surface area contributed by atoms with Crippen molar-refractivity contribution < 1.29 is 31.9 Å². The molecule has 2 aromatic carbocycles. The molecule has 0 saturated carbocycles. The van der Waals surface area contributed by atoms with E-state index in [9.17, 15) is 31.9 Å². The van der Waals surface area contributed by atoms with E-state index in [-0.39, 0.29) is 37.4 Å². The van der Waals surface area contributed by atoms with Gasteiger partial charge in [0.2, 0.25) is 11.8 Å². The first-order valence-electron chi connectivity index (χ1n) is 12.7. The minimum absolute atomic E-state index is 0.196. The summed E-state index contributed by atoms with van der Waals surface area (Å²) in [7, 11) is 0. The van der Waals surface area contributed by atoms with Gasteiger partial charge in [0.05, 0.1) is 30.2 Å². The first-order valence-corrected chi connectivity index (χ1v) is 12.7. The Labute approximate surface area is 220 Å². The number of hydrogen-bond acceptors (Lipinski definition) is 4. The summed E-state index contributed by atoms with van der Waals surface area (Å²) in [5.74, 6) is -5.63. The third kappa shape index (κ3) is 3.87. The average Bonchev–Trinajstić information content (AvgIpc) is 3.56. The SMILES string of the molecule is Cc1c(F)ccc2c1C1(CCN(C(=O)c3ccc4[nH]ncc4c3)CC1)C(=O)N2CC(=O)N1CC(F)C(F)(F)C1. The van der Waals surface area contributed by atoms with Crippen LogP contribution in [-0.2, 0) is 15.0 Å². The first kappa shape index (κ1) is 25.3. The van der Waals surface area contributed by atoms with E-state index >= 15 is 0 Å². The second-order valence-corrected chi connectivity index (χ2v) is 10.5. The molecule has 3 amide bonds. The number of nitrogens with one attached hydrogen (secondary N) is 1. The molecule has 3 aliphatic rings. The van der Waals surface area contributed by atoms with E-state index in [0.717, 1.165) is 15.8 Å². The lowest BCUT2D eigenvalue weighted by atomic mass is 9.72. The number of benzene rings is 2. The maximum Gasteiger partial charge on any atom is 0.297 e. The Morgan fingerprint density at radius 1 is 1.13 bits per heavy atom. The Kier molecular flexibility index (Phi) is 5.70. The third-order valence-electron chi connectivity index (χ3n) is 8.28.